The molecule has 2 aromatic heterocycles. The number of hydrogen-bond acceptors (Lipinski definition) is 13. The van der Waals surface area contributed by atoms with E-state index >= 15 is 0 Å². The van der Waals surface area contributed by atoms with Crippen LogP contribution in [0.2, 0.25) is 0 Å². The molecule has 15 nitrogen and oxygen atoms in total. The molecule has 362 valence electrons. The van der Waals surface area contributed by atoms with Crippen LogP contribution in [-0.2, 0) is 27.1 Å². The Kier molecular flexibility index (Phi) is 12.7. The van der Waals surface area contributed by atoms with Crippen molar-refractivity contribution in [2.75, 3.05) is 86.7 Å². The van der Waals surface area contributed by atoms with Crippen LogP contribution < -0.4 is 35.8 Å². The topological polar surface area (TPSA) is 165 Å². The molecule has 1 atom stereocenters. The normalized spacial score (nSPS) is 19.8. The molecule has 4 saturated heterocycles. The Morgan fingerprint density at radius 1 is 0.942 bits per heavy atom. The summed E-state index contributed by atoms with van der Waals surface area (Å²) >= 11 is 3.58. The number of fused-ring (bicyclic) bond motifs is 2. The highest BCUT2D eigenvalue weighted by molar-refractivity contribution is 9.10. The number of amides is 3. The maximum absolute atomic E-state index is 14.8. The van der Waals surface area contributed by atoms with Gasteiger partial charge in [0.25, 0.3) is 5.91 Å². The Morgan fingerprint density at radius 3 is 2.41 bits per heavy atom. The van der Waals surface area contributed by atoms with Gasteiger partial charge in [0.1, 0.15) is 30.6 Å². The molecule has 1 spiro atoms. The first-order valence-electron chi connectivity index (χ1n) is 24.0. The number of imide groups is 1. The molecular formula is C51H59BrFN10O5P. The third-order valence-electron chi connectivity index (χ3n) is 15.1. The van der Waals surface area contributed by atoms with Crippen molar-refractivity contribution in [1.82, 2.24) is 30.1 Å². The van der Waals surface area contributed by atoms with Crippen molar-refractivity contribution in [1.29, 1.82) is 0 Å². The number of methoxy groups -OCH3 is 1. The van der Waals surface area contributed by atoms with Gasteiger partial charge in [0.05, 0.1) is 34.2 Å². The average molecular weight is 1020 g/mol. The molecule has 5 aromatic rings. The van der Waals surface area contributed by atoms with Crippen LogP contribution >= 0.6 is 23.1 Å². The largest absolute Gasteiger partial charge is 0.494 e. The van der Waals surface area contributed by atoms with E-state index in [1.54, 1.807) is 50.6 Å². The van der Waals surface area contributed by atoms with E-state index in [0.29, 0.717) is 73.7 Å². The molecule has 4 fully saturated rings. The van der Waals surface area contributed by atoms with Crippen molar-refractivity contribution in [2.45, 2.75) is 71.4 Å². The number of pyridine rings is 1. The molecule has 0 radical (unpaired) electrons. The first-order valence-corrected chi connectivity index (χ1v) is 27.4. The van der Waals surface area contributed by atoms with E-state index in [2.05, 4.69) is 81.7 Å². The number of anilines is 6. The number of halogens is 2. The predicted octanol–water partition coefficient (Wildman–Crippen LogP) is 8.12. The summed E-state index contributed by atoms with van der Waals surface area (Å²) in [6.07, 6.45) is 7.79. The monoisotopic (exact) mass is 1020 g/mol. The van der Waals surface area contributed by atoms with Crippen LogP contribution in [0, 0.1) is 24.1 Å². The highest BCUT2D eigenvalue weighted by Crippen LogP contribution is 2.46. The fourth-order valence-corrected chi connectivity index (χ4v) is 13.0. The van der Waals surface area contributed by atoms with Crippen molar-refractivity contribution < 1.29 is 28.1 Å². The lowest BCUT2D eigenvalue weighted by atomic mass is 9.71. The van der Waals surface area contributed by atoms with E-state index < -0.39 is 19.0 Å². The summed E-state index contributed by atoms with van der Waals surface area (Å²) in [5.41, 5.74) is 7.62. The summed E-state index contributed by atoms with van der Waals surface area (Å²) in [6, 6.07) is 14.6. The molecule has 3 N–H and O–H groups in total. The van der Waals surface area contributed by atoms with Gasteiger partial charge in [0.2, 0.25) is 17.8 Å². The fourth-order valence-electron chi connectivity index (χ4n) is 11.2. The molecule has 1 unspecified atom stereocenters. The second-order valence-electron chi connectivity index (χ2n) is 19.9. The molecule has 3 aromatic carbocycles. The van der Waals surface area contributed by atoms with Gasteiger partial charge >= 0.3 is 0 Å². The van der Waals surface area contributed by atoms with Crippen molar-refractivity contribution >= 4 is 91.5 Å². The van der Waals surface area contributed by atoms with E-state index in [1.807, 2.05) is 12.1 Å². The van der Waals surface area contributed by atoms with Crippen LogP contribution in [0.3, 0.4) is 0 Å². The third kappa shape index (κ3) is 9.18. The quantitative estimate of drug-likeness (QED) is 0.0812. The molecule has 0 aliphatic carbocycles. The maximum atomic E-state index is 14.8. The van der Waals surface area contributed by atoms with Crippen molar-refractivity contribution in [3.63, 3.8) is 0 Å². The minimum atomic E-state index is -2.92. The van der Waals surface area contributed by atoms with Crippen LogP contribution in [0.4, 0.5) is 38.9 Å². The number of carbonyl (C=O) groups excluding carboxylic acids is 3. The third-order valence-corrected chi connectivity index (χ3v) is 17.3. The Morgan fingerprint density at radius 2 is 1.70 bits per heavy atom. The van der Waals surface area contributed by atoms with Gasteiger partial charge < -0.3 is 39.5 Å². The van der Waals surface area contributed by atoms with Gasteiger partial charge in [-0.05, 0) is 135 Å². The van der Waals surface area contributed by atoms with Crippen molar-refractivity contribution in [2.24, 2.45) is 11.3 Å². The Hall–Kier alpha value is -5.64. The first kappa shape index (κ1) is 47.1. The van der Waals surface area contributed by atoms with E-state index in [4.69, 9.17) is 9.72 Å². The van der Waals surface area contributed by atoms with E-state index in [1.165, 1.54) is 30.2 Å². The van der Waals surface area contributed by atoms with Gasteiger partial charge in [0.15, 0.2) is 0 Å². The zero-order chi connectivity index (χ0) is 48.4. The van der Waals surface area contributed by atoms with E-state index in [0.717, 1.165) is 82.0 Å². The van der Waals surface area contributed by atoms with Gasteiger partial charge in [-0.15, -0.1) is 0 Å². The molecule has 5 aliphatic heterocycles. The second-order valence-corrected chi connectivity index (χ2v) is 23.9. The van der Waals surface area contributed by atoms with Crippen LogP contribution in [0.15, 0.2) is 59.2 Å². The Bertz CT molecular complexity index is 2930. The number of aromatic nitrogens is 3. The summed E-state index contributed by atoms with van der Waals surface area (Å²) in [5, 5.41) is 10.1. The van der Waals surface area contributed by atoms with Crippen LogP contribution in [-0.4, -0.2) is 115 Å². The minimum Gasteiger partial charge on any atom is -0.494 e. The second kappa shape index (κ2) is 18.6. The Labute approximate surface area is 410 Å². The Balaban J connectivity index is 0.746. The summed E-state index contributed by atoms with van der Waals surface area (Å²) < 4.78 is 35.0. The zero-order valence-corrected chi connectivity index (χ0v) is 42.3. The highest BCUT2D eigenvalue weighted by atomic mass is 79.9. The molecule has 69 heavy (non-hydrogen) atoms. The highest BCUT2D eigenvalue weighted by Gasteiger charge is 2.43. The van der Waals surface area contributed by atoms with Gasteiger partial charge in [-0.25, -0.2) is 9.37 Å². The molecular weight excluding hydrogens is 963 g/mol. The molecule has 7 heterocycles. The summed E-state index contributed by atoms with van der Waals surface area (Å²) in [4.78, 5) is 60.7. The number of benzene rings is 3. The number of aryl methyl sites for hydroxylation is 2. The smallest absolute Gasteiger partial charge is 0.255 e. The number of piperidine rings is 3. The van der Waals surface area contributed by atoms with Crippen molar-refractivity contribution in [3.8, 4) is 5.75 Å². The lowest BCUT2D eigenvalue weighted by Crippen LogP contribution is -2.54. The minimum absolute atomic E-state index is 0.128. The van der Waals surface area contributed by atoms with E-state index in [-0.39, 0.29) is 29.8 Å². The molecule has 18 heteroatoms. The SMILES string of the molecule is CCc1cc(Nc2ncc(Br)c(Nc3ccc4nc(C)c(F)cc4c3P(C)(C)=O)n2)c(OC)cc1N1CCC2(CCN(CC3CN(c4cccc5c4CN(C4CCC(=O)NC4=O)C5=O)C3)CC2)CC1. The van der Waals surface area contributed by atoms with Crippen LogP contribution in [0.25, 0.3) is 10.9 Å². The number of nitrogens with one attached hydrogen (secondary N) is 3. The average Bonchev–Trinajstić information content (AvgIpc) is 3.65. The summed E-state index contributed by atoms with van der Waals surface area (Å²) in [7, 11) is -1.24. The van der Waals surface area contributed by atoms with Crippen LogP contribution in [0.1, 0.15) is 72.6 Å². The number of carbonyl (C=O) groups is 3. The molecule has 5 aliphatic rings. The fraction of sp³-hybridized carbons (Fsp3) is 0.451. The predicted molar refractivity (Wildman–Crippen MR) is 272 cm³/mol. The first-order chi connectivity index (χ1) is 33.1. The summed E-state index contributed by atoms with van der Waals surface area (Å²) in [5.74, 6) is 0.796. The lowest BCUT2D eigenvalue weighted by molar-refractivity contribution is -0.136. The number of ether oxygens (including phenoxy) is 1. The van der Waals surface area contributed by atoms with Gasteiger partial charge in [0, 0.05) is 97.1 Å². The number of hydrogen-bond donors (Lipinski definition) is 3. The molecule has 3 amide bonds. The summed E-state index contributed by atoms with van der Waals surface area (Å²) in [6.45, 7) is 14.7. The van der Waals surface area contributed by atoms with Gasteiger partial charge in [-0.3, -0.25) is 24.7 Å². The van der Waals surface area contributed by atoms with Crippen LogP contribution in [0.5, 0.6) is 5.75 Å². The van der Waals surface area contributed by atoms with Gasteiger partial charge in [-0.2, -0.15) is 4.98 Å². The van der Waals surface area contributed by atoms with E-state index in [9.17, 15) is 23.3 Å². The molecule has 0 saturated carbocycles. The van der Waals surface area contributed by atoms with Crippen molar-refractivity contribution in [3.05, 3.63) is 87.4 Å². The van der Waals surface area contributed by atoms with Gasteiger partial charge in [-0.1, -0.05) is 13.0 Å². The lowest BCUT2D eigenvalue weighted by Gasteiger charge is -2.49. The molecule has 0 bridgehead atoms. The number of likely N-dealkylation sites (tertiary alicyclic amines) is 1. The molecule has 10 rings (SSSR count). The standard InChI is InChI=1S/C51H59BrFN10O5P/c1-6-32-22-40(57-50-54-25-36(52)47(59-50)56-39-11-10-38-34(46(39)69(4,5)67)23-37(53)30(2)55-38)44(68-3)24-43(32)61-20-16-51(17-21-61)14-18-60(19-15-51)26-31-27-62(28-31)41-9-7-8-33-35(41)29-63(49(33)66)42-12-13-45(64)58-48(42)65/h7-11,22-25,31,42H,6,12-21,26-29H2,1-5H3,(H,58,64,65)(H2,54,56,57,59). The maximum Gasteiger partial charge on any atom is 0.255 e. The number of nitrogens with zero attached hydrogens (tertiary/aromatic N) is 7. The zero-order valence-electron chi connectivity index (χ0n) is 39.8. The number of rotatable bonds is 12.